The number of carbonyl (C=O) groups is 2. The molecule has 0 atom stereocenters. The number of carbonyl (C=O) groups excluding carboxylic acids is 2. The number of hydrogen-bond acceptors (Lipinski definition) is 5. The normalized spacial score (nSPS) is 14.4. The summed E-state index contributed by atoms with van der Waals surface area (Å²) >= 11 is 0. The van der Waals surface area contributed by atoms with Crippen molar-refractivity contribution in [2.24, 2.45) is 0 Å². The fourth-order valence-electron chi connectivity index (χ4n) is 4.59. The van der Waals surface area contributed by atoms with Crippen molar-refractivity contribution < 1.29 is 27.2 Å². The van der Waals surface area contributed by atoms with Crippen LogP contribution in [0, 0.1) is 5.82 Å². The maximum absolute atomic E-state index is 13.6. The number of likely N-dealkylation sites (N-methyl/N-ethyl adjacent to an activating group) is 1. The van der Waals surface area contributed by atoms with E-state index < -0.39 is 41.5 Å². The summed E-state index contributed by atoms with van der Waals surface area (Å²) in [7, 11) is 2.12. The Kier molecular flexibility index (Phi) is 7.44. The molecule has 0 saturated carbocycles. The van der Waals surface area contributed by atoms with Crippen molar-refractivity contribution in [2.45, 2.75) is 12.6 Å². The standard InChI is InChI=1S/C28H26F4N6O2/c1-37-8-10-38(11-9-37)22-5-2-17(3-6-22)27-23-7-4-20(15-24(23)35-36-27)33-25(39)16-26(40)34-21-13-18(28(30,31)32)12-19(29)14-21/h2-7,12-15H,8-11,16H2,1H3,(H,33,39)(H,34,40)(H,35,36). The zero-order valence-electron chi connectivity index (χ0n) is 21.5. The molecule has 3 N–H and O–H groups in total. The van der Waals surface area contributed by atoms with Gasteiger partial charge in [-0.05, 0) is 55.6 Å². The Balaban J connectivity index is 1.21. The Labute approximate surface area is 227 Å². The number of aromatic amines is 1. The number of hydrogen-bond donors (Lipinski definition) is 3. The van der Waals surface area contributed by atoms with Crippen LogP contribution in [0.2, 0.25) is 0 Å². The SMILES string of the molecule is CN1CCN(c2ccc(-c3n[nH]c4cc(NC(=O)CC(=O)Nc5cc(F)cc(C(F)(F)F)c5)ccc34)cc2)CC1. The Morgan fingerprint density at radius 2 is 1.57 bits per heavy atom. The van der Waals surface area contributed by atoms with Crippen LogP contribution in [-0.2, 0) is 15.8 Å². The topological polar surface area (TPSA) is 93.4 Å². The van der Waals surface area contributed by atoms with Gasteiger partial charge in [0.2, 0.25) is 11.8 Å². The number of anilines is 3. The number of fused-ring (bicyclic) bond motifs is 1. The minimum absolute atomic E-state index is 0.322. The van der Waals surface area contributed by atoms with Gasteiger partial charge in [-0.3, -0.25) is 14.7 Å². The molecule has 0 radical (unpaired) electrons. The van der Waals surface area contributed by atoms with Crippen molar-refractivity contribution in [3.8, 4) is 11.3 Å². The summed E-state index contributed by atoms with van der Waals surface area (Å²) in [5, 5.41) is 12.9. The number of H-pyrrole nitrogens is 1. The highest BCUT2D eigenvalue weighted by Crippen LogP contribution is 2.32. The first-order valence-corrected chi connectivity index (χ1v) is 12.5. The second-order valence-electron chi connectivity index (χ2n) is 9.67. The van der Waals surface area contributed by atoms with E-state index in [0.717, 1.165) is 54.6 Å². The Morgan fingerprint density at radius 1 is 0.900 bits per heavy atom. The molecular weight excluding hydrogens is 528 g/mol. The van der Waals surface area contributed by atoms with E-state index in [4.69, 9.17) is 0 Å². The van der Waals surface area contributed by atoms with Gasteiger partial charge in [-0.1, -0.05) is 12.1 Å². The van der Waals surface area contributed by atoms with E-state index in [2.05, 4.69) is 49.8 Å². The highest BCUT2D eigenvalue weighted by Gasteiger charge is 2.31. The number of rotatable bonds is 6. The van der Waals surface area contributed by atoms with Crippen LogP contribution >= 0.6 is 0 Å². The molecule has 208 valence electrons. The van der Waals surface area contributed by atoms with E-state index in [-0.39, 0.29) is 0 Å². The molecule has 2 heterocycles. The molecule has 3 aromatic carbocycles. The largest absolute Gasteiger partial charge is 0.416 e. The van der Waals surface area contributed by atoms with Gasteiger partial charge in [-0.2, -0.15) is 18.3 Å². The first kappa shape index (κ1) is 27.1. The summed E-state index contributed by atoms with van der Waals surface area (Å²) in [4.78, 5) is 29.2. The average Bonchev–Trinajstić information content (AvgIpc) is 3.31. The number of nitrogens with zero attached hydrogens (tertiary/aromatic N) is 3. The monoisotopic (exact) mass is 554 g/mol. The molecule has 2 amide bonds. The number of nitrogens with one attached hydrogen (secondary N) is 3. The Bertz CT molecular complexity index is 1540. The molecular formula is C28H26F4N6O2. The molecule has 1 aromatic heterocycles. The van der Waals surface area contributed by atoms with E-state index >= 15 is 0 Å². The number of aromatic nitrogens is 2. The van der Waals surface area contributed by atoms with Crippen LogP contribution in [0.5, 0.6) is 0 Å². The molecule has 1 aliphatic heterocycles. The van der Waals surface area contributed by atoms with E-state index in [1.807, 2.05) is 12.1 Å². The summed E-state index contributed by atoms with van der Waals surface area (Å²) in [6.45, 7) is 3.98. The summed E-state index contributed by atoms with van der Waals surface area (Å²) in [5.41, 5.74) is 2.27. The van der Waals surface area contributed by atoms with Gasteiger partial charge < -0.3 is 20.4 Å². The summed E-state index contributed by atoms with van der Waals surface area (Å²) < 4.78 is 52.2. The maximum Gasteiger partial charge on any atom is 0.416 e. The summed E-state index contributed by atoms with van der Waals surface area (Å²) in [6, 6.07) is 15.0. The lowest BCUT2D eigenvalue weighted by Crippen LogP contribution is -2.44. The Hall–Kier alpha value is -4.45. The van der Waals surface area contributed by atoms with Crippen LogP contribution < -0.4 is 15.5 Å². The fourth-order valence-corrected chi connectivity index (χ4v) is 4.59. The van der Waals surface area contributed by atoms with Crippen molar-refractivity contribution in [3.63, 3.8) is 0 Å². The van der Waals surface area contributed by atoms with Gasteiger partial charge in [-0.25, -0.2) is 4.39 Å². The lowest BCUT2D eigenvalue weighted by Gasteiger charge is -2.34. The van der Waals surface area contributed by atoms with E-state index in [1.165, 1.54) is 0 Å². The van der Waals surface area contributed by atoms with Crippen LogP contribution in [0.4, 0.5) is 34.6 Å². The fraction of sp³-hybridized carbons (Fsp3) is 0.250. The zero-order valence-corrected chi connectivity index (χ0v) is 21.5. The van der Waals surface area contributed by atoms with E-state index in [1.54, 1.807) is 18.2 Å². The summed E-state index contributed by atoms with van der Waals surface area (Å²) in [5.74, 6) is -2.74. The third kappa shape index (κ3) is 6.23. The molecule has 0 unspecified atom stereocenters. The predicted molar refractivity (Wildman–Crippen MR) is 145 cm³/mol. The maximum atomic E-state index is 13.6. The van der Waals surface area contributed by atoms with Gasteiger partial charge in [0, 0.05) is 54.2 Å². The second-order valence-corrected chi connectivity index (χ2v) is 9.67. The smallest absolute Gasteiger partial charge is 0.369 e. The minimum atomic E-state index is -4.78. The van der Waals surface area contributed by atoms with Gasteiger partial charge in [0.1, 0.15) is 12.2 Å². The molecule has 40 heavy (non-hydrogen) atoms. The molecule has 1 aliphatic rings. The number of amides is 2. The molecule has 12 heteroatoms. The third-order valence-electron chi connectivity index (χ3n) is 6.69. The van der Waals surface area contributed by atoms with Crippen LogP contribution in [0.1, 0.15) is 12.0 Å². The van der Waals surface area contributed by atoms with Gasteiger partial charge in [0.25, 0.3) is 0 Å². The number of benzene rings is 3. The van der Waals surface area contributed by atoms with Gasteiger partial charge in [0.15, 0.2) is 0 Å². The quantitative estimate of drug-likeness (QED) is 0.228. The Morgan fingerprint density at radius 3 is 2.25 bits per heavy atom. The molecule has 0 aliphatic carbocycles. The van der Waals surface area contributed by atoms with Crippen LogP contribution in [0.3, 0.4) is 0 Å². The number of alkyl halides is 3. The number of piperazine rings is 1. The van der Waals surface area contributed by atoms with Crippen molar-refractivity contribution >= 4 is 39.8 Å². The lowest BCUT2D eigenvalue weighted by atomic mass is 10.1. The van der Waals surface area contributed by atoms with Crippen molar-refractivity contribution in [1.82, 2.24) is 15.1 Å². The second kappa shape index (κ2) is 11.0. The molecule has 1 saturated heterocycles. The van der Waals surface area contributed by atoms with Gasteiger partial charge in [-0.15, -0.1) is 0 Å². The summed E-state index contributed by atoms with van der Waals surface area (Å²) in [6.07, 6.45) is -5.46. The van der Waals surface area contributed by atoms with Crippen LogP contribution in [0.25, 0.3) is 22.2 Å². The van der Waals surface area contributed by atoms with Crippen LogP contribution in [0.15, 0.2) is 60.7 Å². The highest BCUT2D eigenvalue weighted by molar-refractivity contribution is 6.08. The minimum Gasteiger partial charge on any atom is -0.369 e. The molecule has 4 aromatic rings. The van der Waals surface area contributed by atoms with Crippen LogP contribution in [-0.4, -0.2) is 60.1 Å². The van der Waals surface area contributed by atoms with E-state index in [0.29, 0.717) is 23.3 Å². The first-order chi connectivity index (χ1) is 19.0. The predicted octanol–water partition coefficient (Wildman–Crippen LogP) is 5.11. The first-order valence-electron chi connectivity index (χ1n) is 12.5. The zero-order chi connectivity index (χ0) is 28.4. The average molecular weight is 555 g/mol. The van der Waals surface area contributed by atoms with E-state index in [9.17, 15) is 27.2 Å². The molecule has 5 rings (SSSR count). The lowest BCUT2D eigenvalue weighted by molar-refractivity contribution is -0.137. The van der Waals surface area contributed by atoms with Crippen molar-refractivity contribution in [2.75, 3.05) is 48.8 Å². The third-order valence-corrected chi connectivity index (χ3v) is 6.69. The van der Waals surface area contributed by atoms with Crippen molar-refractivity contribution in [1.29, 1.82) is 0 Å². The molecule has 0 bridgehead atoms. The highest BCUT2D eigenvalue weighted by atomic mass is 19.4. The molecule has 8 nitrogen and oxygen atoms in total. The van der Waals surface area contributed by atoms with Crippen molar-refractivity contribution in [3.05, 3.63) is 72.0 Å². The molecule has 0 spiro atoms. The molecule has 1 fully saturated rings. The van der Waals surface area contributed by atoms with Gasteiger partial charge in [0.05, 0.1) is 16.8 Å². The van der Waals surface area contributed by atoms with Gasteiger partial charge >= 0.3 is 6.18 Å². The number of halogens is 4.